The van der Waals surface area contributed by atoms with Crippen LogP contribution < -0.4 is 15.8 Å². The van der Waals surface area contributed by atoms with Gasteiger partial charge in [-0.3, -0.25) is 4.79 Å². The van der Waals surface area contributed by atoms with Crippen LogP contribution in [0.25, 0.3) is 0 Å². The number of ether oxygens (including phenoxy) is 1. The number of rotatable bonds is 8. The first-order valence-electron chi connectivity index (χ1n) is 6.53. The van der Waals surface area contributed by atoms with Crippen molar-refractivity contribution in [3.63, 3.8) is 0 Å². The Kier molecular flexibility index (Phi) is 6.60. The van der Waals surface area contributed by atoms with E-state index in [-0.39, 0.29) is 25.0 Å². The predicted octanol–water partition coefficient (Wildman–Crippen LogP) is 0.552. The average molecular weight is 315 g/mol. The highest BCUT2D eigenvalue weighted by molar-refractivity contribution is 7.89. The van der Waals surface area contributed by atoms with E-state index in [1.54, 1.807) is 24.3 Å². The number of amides is 1. The molecule has 7 nitrogen and oxygen atoms in total. The Balaban J connectivity index is 2.40. The van der Waals surface area contributed by atoms with Crippen molar-refractivity contribution in [3.8, 4) is 0 Å². The van der Waals surface area contributed by atoms with Gasteiger partial charge in [-0.2, -0.15) is 0 Å². The van der Waals surface area contributed by atoms with Crippen molar-refractivity contribution in [2.24, 2.45) is 0 Å². The summed E-state index contributed by atoms with van der Waals surface area (Å²) in [5.74, 6) is -0.674. The lowest BCUT2D eigenvalue weighted by Crippen LogP contribution is -2.35. The van der Waals surface area contributed by atoms with Gasteiger partial charge in [0.15, 0.2) is 0 Å². The van der Waals surface area contributed by atoms with E-state index in [9.17, 15) is 13.2 Å². The summed E-state index contributed by atoms with van der Waals surface area (Å²) in [4.78, 5) is 11.7. The molecule has 0 unspecified atom stereocenters. The van der Waals surface area contributed by atoms with Crippen LogP contribution >= 0.6 is 0 Å². The summed E-state index contributed by atoms with van der Waals surface area (Å²) >= 11 is 0. The van der Waals surface area contributed by atoms with E-state index in [2.05, 4.69) is 10.0 Å². The van der Waals surface area contributed by atoms with Gasteiger partial charge in [-0.15, -0.1) is 0 Å². The van der Waals surface area contributed by atoms with Gasteiger partial charge in [0.2, 0.25) is 15.9 Å². The van der Waals surface area contributed by atoms with Crippen molar-refractivity contribution in [1.29, 1.82) is 0 Å². The number of para-hydroxylation sites is 2. The number of nitrogen functional groups attached to an aromatic ring is 1. The first-order chi connectivity index (χ1) is 9.80. The summed E-state index contributed by atoms with van der Waals surface area (Å²) in [7, 11) is -3.54. The Morgan fingerprint density at radius 1 is 1.33 bits per heavy atom. The van der Waals surface area contributed by atoms with Gasteiger partial charge >= 0.3 is 0 Å². The maximum Gasteiger partial charge on any atom is 0.239 e. The third-order valence-electron chi connectivity index (χ3n) is 2.49. The minimum atomic E-state index is -3.54. The minimum absolute atomic E-state index is 0.0374. The molecule has 4 N–H and O–H groups in total. The highest BCUT2D eigenvalue weighted by Gasteiger charge is 2.13. The first kappa shape index (κ1) is 17.4. The molecule has 118 valence electrons. The first-order valence-corrected chi connectivity index (χ1v) is 8.18. The number of nitrogens with one attached hydrogen (secondary N) is 2. The Morgan fingerprint density at radius 3 is 2.62 bits per heavy atom. The molecule has 0 atom stereocenters. The molecule has 0 saturated carbocycles. The zero-order valence-corrected chi connectivity index (χ0v) is 12.9. The van der Waals surface area contributed by atoms with Crippen LogP contribution in [0.2, 0.25) is 0 Å². The van der Waals surface area contributed by atoms with Crippen LogP contribution in [0.5, 0.6) is 0 Å². The number of hydrogen-bond acceptors (Lipinski definition) is 5. The zero-order chi connectivity index (χ0) is 15.9. The van der Waals surface area contributed by atoms with Crippen molar-refractivity contribution in [2.75, 3.05) is 30.0 Å². The van der Waals surface area contributed by atoms with Gasteiger partial charge in [0.25, 0.3) is 0 Å². The molecule has 1 amide bonds. The molecule has 0 saturated heterocycles. The van der Waals surface area contributed by atoms with Gasteiger partial charge in [0, 0.05) is 0 Å². The normalized spacial score (nSPS) is 11.6. The molecule has 0 heterocycles. The molecule has 0 radical (unpaired) electrons. The lowest BCUT2D eigenvalue weighted by Gasteiger charge is -2.10. The van der Waals surface area contributed by atoms with Gasteiger partial charge in [0.1, 0.15) is 0 Å². The molecule has 1 aromatic rings. The third-order valence-corrected chi connectivity index (χ3v) is 3.78. The molecule has 0 aromatic heterocycles. The predicted molar refractivity (Wildman–Crippen MR) is 82.4 cm³/mol. The highest BCUT2D eigenvalue weighted by atomic mass is 32.2. The molecule has 1 aromatic carbocycles. The van der Waals surface area contributed by atoms with E-state index in [1.165, 1.54) is 0 Å². The largest absolute Gasteiger partial charge is 0.397 e. The molecular weight excluding hydrogens is 294 g/mol. The van der Waals surface area contributed by atoms with E-state index >= 15 is 0 Å². The summed E-state index contributed by atoms with van der Waals surface area (Å²) in [5.41, 5.74) is 6.54. The second kappa shape index (κ2) is 7.96. The summed E-state index contributed by atoms with van der Waals surface area (Å²) in [6, 6.07) is 6.74. The van der Waals surface area contributed by atoms with Crippen LogP contribution in [0.15, 0.2) is 24.3 Å². The van der Waals surface area contributed by atoms with Crippen molar-refractivity contribution < 1.29 is 17.9 Å². The molecule has 0 aliphatic rings. The van der Waals surface area contributed by atoms with Crippen molar-refractivity contribution >= 4 is 27.3 Å². The van der Waals surface area contributed by atoms with Gasteiger partial charge in [0.05, 0.1) is 36.4 Å². The lowest BCUT2D eigenvalue weighted by atomic mass is 10.2. The monoisotopic (exact) mass is 315 g/mol. The van der Waals surface area contributed by atoms with E-state index in [4.69, 9.17) is 10.5 Å². The number of carbonyl (C=O) groups is 1. The third kappa shape index (κ3) is 7.07. The molecule has 0 aliphatic heterocycles. The number of nitrogens with two attached hydrogens (primary N) is 1. The second-order valence-corrected chi connectivity index (χ2v) is 6.62. The second-order valence-electron chi connectivity index (χ2n) is 4.69. The number of anilines is 2. The van der Waals surface area contributed by atoms with Crippen LogP contribution in [0, 0.1) is 0 Å². The van der Waals surface area contributed by atoms with Crippen LogP contribution in [0.3, 0.4) is 0 Å². The molecule has 0 bridgehead atoms. The van der Waals surface area contributed by atoms with Crippen LogP contribution in [-0.4, -0.2) is 39.3 Å². The molecule has 21 heavy (non-hydrogen) atoms. The Hall–Kier alpha value is -1.64. The molecule has 8 heteroatoms. The Bertz CT molecular complexity index is 573. The number of hydrogen-bond donors (Lipinski definition) is 3. The standard InChI is InChI=1S/C13H21N3O4S/c1-10(2)20-7-8-21(18,19)15-9-13(17)16-12-6-4-3-5-11(12)14/h3-6,10,15H,7-9,14H2,1-2H3,(H,16,17). The summed E-state index contributed by atoms with van der Waals surface area (Å²) in [6.07, 6.45) is -0.0374. The van der Waals surface area contributed by atoms with Gasteiger partial charge < -0.3 is 15.8 Å². The SMILES string of the molecule is CC(C)OCCS(=O)(=O)NCC(=O)Nc1ccccc1N. The maximum absolute atomic E-state index is 11.7. The van der Waals surface area contributed by atoms with Crippen molar-refractivity contribution in [3.05, 3.63) is 24.3 Å². The maximum atomic E-state index is 11.7. The smallest absolute Gasteiger partial charge is 0.239 e. The van der Waals surface area contributed by atoms with Gasteiger partial charge in [-0.1, -0.05) is 12.1 Å². The Morgan fingerprint density at radius 2 is 2.00 bits per heavy atom. The molecule has 0 aliphatic carbocycles. The fourth-order valence-electron chi connectivity index (χ4n) is 1.45. The highest BCUT2D eigenvalue weighted by Crippen LogP contribution is 2.16. The zero-order valence-electron chi connectivity index (χ0n) is 12.1. The fourth-order valence-corrected chi connectivity index (χ4v) is 2.26. The number of benzene rings is 1. The molecule has 0 spiro atoms. The lowest BCUT2D eigenvalue weighted by molar-refractivity contribution is -0.115. The number of sulfonamides is 1. The van der Waals surface area contributed by atoms with Gasteiger partial charge in [-0.25, -0.2) is 13.1 Å². The average Bonchev–Trinajstić information content (AvgIpc) is 2.39. The summed E-state index contributed by atoms with van der Waals surface area (Å²) in [6.45, 7) is 3.37. The quantitative estimate of drug-likeness (QED) is 0.607. The van der Waals surface area contributed by atoms with E-state index < -0.39 is 15.9 Å². The minimum Gasteiger partial charge on any atom is -0.397 e. The summed E-state index contributed by atoms with van der Waals surface area (Å²) in [5, 5.41) is 2.53. The van der Waals surface area contributed by atoms with E-state index in [0.29, 0.717) is 11.4 Å². The van der Waals surface area contributed by atoms with Crippen molar-refractivity contribution in [2.45, 2.75) is 20.0 Å². The fraction of sp³-hybridized carbons (Fsp3) is 0.462. The van der Waals surface area contributed by atoms with Crippen LogP contribution in [0.1, 0.15) is 13.8 Å². The summed E-state index contributed by atoms with van der Waals surface area (Å²) < 4.78 is 30.7. The van der Waals surface area contributed by atoms with Gasteiger partial charge in [-0.05, 0) is 26.0 Å². The molecular formula is C13H21N3O4S. The Labute approximate surface area is 124 Å². The van der Waals surface area contributed by atoms with Crippen LogP contribution in [0.4, 0.5) is 11.4 Å². The van der Waals surface area contributed by atoms with E-state index in [1.807, 2.05) is 13.8 Å². The number of carbonyl (C=O) groups excluding carboxylic acids is 1. The topological polar surface area (TPSA) is 111 Å². The van der Waals surface area contributed by atoms with Crippen molar-refractivity contribution in [1.82, 2.24) is 4.72 Å². The van der Waals surface area contributed by atoms with E-state index in [0.717, 1.165) is 0 Å². The molecule has 0 fully saturated rings. The van der Waals surface area contributed by atoms with Crippen LogP contribution in [-0.2, 0) is 19.6 Å². The molecule has 1 rings (SSSR count).